The molecule has 0 fully saturated rings. The van der Waals surface area contributed by atoms with Crippen molar-refractivity contribution >= 4 is 0 Å². The molecule has 0 radical (unpaired) electrons. The molecular weight excluding hydrogens is 224 g/mol. The predicted molar refractivity (Wildman–Crippen MR) is 77.7 cm³/mol. The van der Waals surface area contributed by atoms with Crippen LogP contribution in [0.5, 0.6) is 0 Å². The van der Waals surface area contributed by atoms with Crippen LogP contribution in [0.3, 0.4) is 0 Å². The number of benzene rings is 1. The van der Waals surface area contributed by atoms with Gasteiger partial charge in [-0.1, -0.05) is 24.3 Å². The van der Waals surface area contributed by atoms with Gasteiger partial charge in [-0.2, -0.15) is 0 Å². The van der Waals surface area contributed by atoms with Gasteiger partial charge in [0.2, 0.25) is 0 Å². The Morgan fingerprint density at radius 3 is 1.33 bits per heavy atom. The highest BCUT2D eigenvalue weighted by molar-refractivity contribution is 5.28. The number of likely N-dealkylation sites (N-methyl/N-ethyl adjacent to an activating group) is 4. The van der Waals surface area contributed by atoms with E-state index in [1.165, 1.54) is 11.1 Å². The highest BCUT2D eigenvalue weighted by Crippen LogP contribution is 2.12. The molecule has 1 rings (SSSR count). The van der Waals surface area contributed by atoms with Crippen LogP contribution in [0.4, 0.5) is 0 Å². The number of rotatable bonds is 8. The van der Waals surface area contributed by atoms with E-state index in [1.54, 1.807) is 0 Å². The van der Waals surface area contributed by atoms with E-state index in [9.17, 15) is 0 Å². The number of hydrogen-bond donors (Lipinski definition) is 4. The van der Waals surface area contributed by atoms with E-state index < -0.39 is 0 Å². The maximum Gasteiger partial charge on any atom is 0.0608 e. The van der Waals surface area contributed by atoms with Crippen LogP contribution in [0.2, 0.25) is 0 Å². The lowest BCUT2D eigenvalue weighted by atomic mass is 9.99. The summed E-state index contributed by atoms with van der Waals surface area (Å²) in [5, 5.41) is 13.1. The van der Waals surface area contributed by atoms with Crippen molar-refractivity contribution in [3.05, 3.63) is 35.4 Å². The smallest absolute Gasteiger partial charge is 0.0608 e. The molecule has 0 aromatic heterocycles. The minimum Gasteiger partial charge on any atom is -0.305 e. The summed E-state index contributed by atoms with van der Waals surface area (Å²) in [6.07, 6.45) is 2.61. The van der Waals surface area contributed by atoms with Crippen LogP contribution in [-0.2, 0) is 12.8 Å². The summed E-state index contributed by atoms with van der Waals surface area (Å²) < 4.78 is 0. The van der Waals surface area contributed by atoms with E-state index >= 15 is 0 Å². The van der Waals surface area contributed by atoms with E-state index in [2.05, 4.69) is 45.5 Å². The minimum absolute atomic E-state index is 0.314. The maximum atomic E-state index is 3.27. The monoisotopic (exact) mass is 250 g/mol. The summed E-state index contributed by atoms with van der Waals surface area (Å²) in [6, 6.07) is 8.63. The molecule has 18 heavy (non-hydrogen) atoms. The first-order valence-corrected chi connectivity index (χ1v) is 6.51. The van der Waals surface area contributed by atoms with E-state index in [4.69, 9.17) is 0 Å². The normalized spacial score (nSPS) is 11.4. The molecule has 0 aliphatic heterocycles. The Morgan fingerprint density at radius 2 is 1.06 bits per heavy atom. The molecule has 0 saturated carbocycles. The fourth-order valence-electron chi connectivity index (χ4n) is 2.09. The molecule has 0 amide bonds. The first-order chi connectivity index (χ1) is 8.74. The molecule has 0 aliphatic carbocycles. The fourth-order valence-corrected chi connectivity index (χ4v) is 2.09. The second kappa shape index (κ2) is 8.21. The highest BCUT2D eigenvalue weighted by Gasteiger charge is 2.11. The Hall–Kier alpha value is -0.940. The lowest BCUT2D eigenvalue weighted by molar-refractivity contribution is 0.477. The highest BCUT2D eigenvalue weighted by atomic mass is 15.1. The molecule has 0 heterocycles. The Bertz CT molecular complexity index is 299. The molecule has 0 bridgehead atoms. The standard InChI is InChI=1S/C14H26N4/c1-15-13(16-2)9-11-7-5-6-8-12(11)10-14(17-3)18-4/h5-8,13-18H,9-10H2,1-4H3. The Kier molecular flexibility index (Phi) is 6.90. The molecule has 0 spiro atoms. The molecule has 0 saturated heterocycles. The van der Waals surface area contributed by atoms with Crippen LogP contribution in [-0.4, -0.2) is 40.5 Å². The lowest BCUT2D eigenvalue weighted by Crippen LogP contribution is -2.41. The molecule has 102 valence electrons. The first-order valence-electron chi connectivity index (χ1n) is 6.51. The lowest BCUT2D eigenvalue weighted by Gasteiger charge is -2.20. The molecule has 0 unspecified atom stereocenters. The van der Waals surface area contributed by atoms with Crippen molar-refractivity contribution in [2.24, 2.45) is 0 Å². The zero-order valence-corrected chi connectivity index (χ0v) is 11.9. The van der Waals surface area contributed by atoms with Crippen molar-refractivity contribution in [2.45, 2.75) is 25.2 Å². The summed E-state index contributed by atoms with van der Waals surface area (Å²) in [5.41, 5.74) is 2.78. The van der Waals surface area contributed by atoms with E-state index in [0.717, 1.165) is 12.8 Å². The van der Waals surface area contributed by atoms with Crippen molar-refractivity contribution in [3.8, 4) is 0 Å². The van der Waals surface area contributed by atoms with Crippen LogP contribution in [0, 0.1) is 0 Å². The Morgan fingerprint density at radius 1 is 0.722 bits per heavy atom. The number of hydrogen-bond acceptors (Lipinski definition) is 4. The SMILES string of the molecule is CNC(Cc1ccccc1CC(NC)NC)NC. The average molecular weight is 250 g/mol. The quantitative estimate of drug-likeness (QED) is 0.501. The van der Waals surface area contributed by atoms with Gasteiger partial charge < -0.3 is 21.3 Å². The zero-order chi connectivity index (χ0) is 13.4. The van der Waals surface area contributed by atoms with Gasteiger partial charge in [-0.05, 0) is 39.3 Å². The van der Waals surface area contributed by atoms with Gasteiger partial charge in [0, 0.05) is 12.8 Å². The summed E-state index contributed by atoms with van der Waals surface area (Å²) in [4.78, 5) is 0. The predicted octanol–water partition coefficient (Wildman–Crippen LogP) is 0.301. The Balaban J connectivity index is 2.78. The van der Waals surface area contributed by atoms with Gasteiger partial charge in [-0.25, -0.2) is 0 Å². The van der Waals surface area contributed by atoms with Crippen LogP contribution in [0.25, 0.3) is 0 Å². The van der Waals surface area contributed by atoms with E-state index in [0.29, 0.717) is 12.3 Å². The third kappa shape index (κ3) is 4.38. The summed E-state index contributed by atoms with van der Waals surface area (Å²) in [6.45, 7) is 0. The average Bonchev–Trinajstić information content (AvgIpc) is 2.43. The first kappa shape index (κ1) is 15.1. The van der Waals surface area contributed by atoms with E-state index in [-0.39, 0.29) is 0 Å². The molecule has 0 atom stereocenters. The second-order valence-electron chi connectivity index (χ2n) is 4.44. The largest absolute Gasteiger partial charge is 0.305 e. The van der Waals surface area contributed by atoms with Gasteiger partial charge in [0.05, 0.1) is 12.3 Å². The summed E-state index contributed by atoms with van der Waals surface area (Å²) >= 11 is 0. The summed E-state index contributed by atoms with van der Waals surface area (Å²) in [5.74, 6) is 0. The molecule has 0 aliphatic rings. The van der Waals surface area contributed by atoms with Crippen LogP contribution >= 0.6 is 0 Å². The van der Waals surface area contributed by atoms with Crippen LogP contribution in [0.1, 0.15) is 11.1 Å². The number of nitrogens with one attached hydrogen (secondary N) is 4. The van der Waals surface area contributed by atoms with Gasteiger partial charge in [-0.3, -0.25) is 0 Å². The van der Waals surface area contributed by atoms with Crippen molar-refractivity contribution in [3.63, 3.8) is 0 Å². The van der Waals surface area contributed by atoms with Crippen LogP contribution in [0.15, 0.2) is 24.3 Å². The topological polar surface area (TPSA) is 48.1 Å². The molecule has 4 heteroatoms. The molecule has 1 aromatic carbocycles. The van der Waals surface area contributed by atoms with Gasteiger partial charge >= 0.3 is 0 Å². The van der Waals surface area contributed by atoms with Crippen molar-refractivity contribution < 1.29 is 0 Å². The van der Waals surface area contributed by atoms with Crippen molar-refractivity contribution in [1.29, 1.82) is 0 Å². The van der Waals surface area contributed by atoms with Gasteiger partial charge in [0.15, 0.2) is 0 Å². The molecular formula is C14H26N4. The van der Waals surface area contributed by atoms with E-state index in [1.807, 2.05) is 28.2 Å². The van der Waals surface area contributed by atoms with Crippen LogP contribution < -0.4 is 21.3 Å². The van der Waals surface area contributed by atoms with Gasteiger partial charge in [-0.15, -0.1) is 0 Å². The van der Waals surface area contributed by atoms with Crippen molar-refractivity contribution in [2.75, 3.05) is 28.2 Å². The summed E-state index contributed by atoms with van der Waals surface area (Å²) in [7, 11) is 7.92. The van der Waals surface area contributed by atoms with Gasteiger partial charge in [0.25, 0.3) is 0 Å². The van der Waals surface area contributed by atoms with Crippen molar-refractivity contribution in [1.82, 2.24) is 21.3 Å². The third-order valence-corrected chi connectivity index (χ3v) is 3.36. The molecule has 4 nitrogen and oxygen atoms in total. The fraction of sp³-hybridized carbons (Fsp3) is 0.571. The second-order valence-corrected chi connectivity index (χ2v) is 4.44. The molecule has 1 aromatic rings. The molecule has 4 N–H and O–H groups in total. The van der Waals surface area contributed by atoms with Gasteiger partial charge in [0.1, 0.15) is 0 Å². The minimum atomic E-state index is 0.314. The Labute approximate surface area is 111 Å². The maximum absolute atomic E-state index is 3.27. The third-order valence-electron chi connectivity index (χ3n) is 3.36. The zero-order valence-electron chi connectivity index (χ0n) is 11.9.